The maximum atomic E-state index is 12.2. The quantitative estimate of drug-likeness (QED) is 0.582. The number of ether oxygens (including phenoxy) is 2. The second-order valence-electron chi connectivity index (χ2n) is 5.41. The van der Waals surface area contributed by atoms with Crippen molar-refractivity contribution >= 4 is 17.8 Å². The van der Waals surface area contributed by atoms with Gasteiger partial charge in [0, 0.05) is 17.7 Å². The summed E-state index contributed by atoms with van der Waals surface area (Å²) in [5.41, 5.74) is 0.539. The number of carbonyl (C=O) groups is 3. The molecule has 130 valence electrons. The number of hydrogen-bond acceptors (Lipinski definition) is 5. The molecule has 1 atom stereocenters. The van der Waals surface area contributed by atoms with E-state index in [-0.39, 0.29) is 31.1 Å². The largest absolute Gasteiger partial charge is 0.463 e. The van der Waals surface area contributed by atoms with Crippen molar-refractivity contribution in [1.29, 1.82) is 0 Å². The van der Waals surface area contributed by atoms with Crippen molar-refractivity contribution in [2.75, 3.05) is 13.2 Å². The number of benzene rings is 1. The van der Waals surface area contributed by atoms with E-state index < -0.39 is 11.9 Å². The molecule has 0 radical (unpaired) electrons. The summed E-state index contributed by atoms with van der Waals surface area (Å²) in [5, 5.41) is 2.84. The highest BCUT2D eigenvalue weighted by molar-refractivity contribution is 5.94. The second kappa shape index (κ2) is 10.2. The lowest BCUT2D eigenvalue weighted by Crippen LogP contribution is -2.42. The summed E-state index contributed by atoms with van der Waals surface area (Å²) in [7, 11) is 0. The van der Waals surface area contributed by atoms with Gasteiger partial charge >= 0.3 is 11.9 Å². The fourth-order valence-electron chi connectivity index (χ4n) is 1.79. The van der Waals surface area contributed by atoms with Gasteiger partial charge in [-0.2, -0.15) is 0 Å². The molecule has 6 heteroatoms. The predicted molar refractivity (Wildman–Crippen MR) is 89.3 cm³/mol. The number of carbonyl (C=O) groups excluding carboxylic acids is 3. The van der Waals surface area contributed by atoms with E-state index in [4.69, 9.17) is 4.74 Å². The van der Waals surface area contributed by atoms with Gasteiger partial charge in [0.1, 0.15) is 6.61 Å². The van der Waals surface area contributed by atoms with Crippen LogP contribution in [0.1, 0.15) is 31.1 Å². The number of rotatable bonds is 8. The SMILES string of the molecule is CCOC(=O)/C=C/C(=O)OC[C@@H](NC(=O)c1ccccc1)C(C)C. The van der Waals surface area contributed by atoms with Gasteiger partial charge in [-0.25, -0.2) is 9.59 Å². The van der Waals surface area contributed by atoms with Gasteiger partial charge in [-0.15, -0.1) is 0 Å². The van der Waals surface area contributed by atoms with E-state index in [1.165, 1.54) is 0 Å². The molecule has 1 aromatic rings. The van der Waals surface area contributed by atoms with Crippen LogP contribution in [0.5, 0.6) is 0 Å². The van der Waals surface area contributed by atoms with E-state index in [0.29, 0.717) is 5.56 Å². The molecule has 0 saturated carbocycles. The Hall–Kier alpha value is -2.63. The van der Waals surface area contributed by atoms with Crippen molar-refractivity contribution in [3.05, 3.63) is 48.0 Å². The van der Waals surface area contributed by atoms with Crippen molar-refractivity contribution < 1.29 is 23.9 Å². The Morgan fingerprint density at radius 2 is 1.62 bits per heavy atom. The summed E-state index contributed by atoms with van der Waals surface area (Å²) in [6, 6.07) is 8.47. The Balaban J connectivity index is 2.53. The zero-order valence-electron chi connectivity index (χ0n) is 14.2. The molecule has 0 aliphatic carbocycles. The minimum absolute atomic E-state index is 0.0161. The highest BCUT2D eigenvalue weighted by Crippen LogP contribution is 2.06. The second-order valence-corrected chi connectivity index (χ2v) is 5.41. The van der Waals surface area contributed by atoms with Gasteiger partial charge in [-0.1, -0.05) is 32.0 Å². The third-order valence-corrected chi connectivity index (χ3v) is 3.20. The molecule has 0 unspecified atom stereocenters. The highest BCUT2D eigenvalue weighted by atomic mass is 16.5. The first-order chi connectivity index (χ1) is 11.4. The van der Waals surface area contributed by atoms with Crippen LogP contribution in [-0.4, -0.2) is 37.1 Å². The molecule has 24 heavy (non-hydrogen) atoms. The zero-order valence-corrected chi connectivity index (χ0v) is 14.2. The molecule has 1 N–H and O–H groups in total. The molecule has 1 aromatic carbocycles. The van der Waals surface area contributed by atoms with Crippen LogP contribution in [0.25, 0.3) is 0 Å². The maximum absolute atomic E-state index is 12.2. The van der Waals surface area contributed by atoms with Gasteiger partial charge in [0.2, 0.25) is 0 Å². The van der Waals surface area contributed by atoms with Crippen LogP contribution < -0.4 is 5.32 Å². The first-order valence-corrected chi connectivity index (χ1v) is 7.81. The third kappa shape index (κ3) is 7.09. The normalized spacial score (nSPS) is 12.0. The van der Waals surface area contributed by atoms with E-state index in [0.717, 1.165) is 12.2 Å². The van der Waals surface area contributed by atoms with Gasteiger partial charge < -0.3 is 14.8 Å². The number of hydrogen-bond donors (Lipinski definition) is 1. The van der Waals surface area contributed by atoms with Gasteiger partial charge in [-0.05, 0) is 25.0 Å². The predicted octanol–water partition coefficient (Wildman–Crippen LogP) is 2.10. The van der Waals surface area contributed by atoms with Crippen molar-refractivity contribution in [1.82, 2.24) is 5.32 Å². The molecule has 0 aliphatic rings. The van der Waals surface area contributed by atoms with Crippen LogP contribution in [0, 0.1) is 5.92 Å². The Morgan fingerprint density at radius 1 is 1.04 bits per heavy atom. The molecule has 0 heterocycles. The molecular formula is C18H23NO5. The summed E-state index contributed by atoms with van der Waals surface area (Å²) in [5.74, 6) is -1.43. The number of amides is 1. The first-order valence-electron chi connectivity index (χ1n) is 7.81. The average molecular weight is 333 g/mol. The Morgan fingerprint density at radius 3 is 2.17 bits per heavy atom. The van der Waals surface area contributed by atoms with Crippen molar-refractivity contribution in [2.45, 2.75) is 26.8 Å². The molecule has 1 amide bonds. The smallest absolute Gasteiger partial charge is 0.331 e. The Bertz CT molecular complexity index is 580. The van der Waals surface area contributed by atoms with Crippen LogP contribution in [0.15, 0.2) is 42.5 Å². The lowest BCUT2D eigenvalue weighted by molar-refractivity contribution is -0.140. The van der Waals surface area contributed by atoms with E-state index in [1.807, 2.05) is 19.9 Å². The molecule has 0 fully saturated rings. The molecular weight excluding hydrogens is 310 g/mol. The number of esters is 2. The summed E-state index contributed by atoms with van der Waals surface area (Å²) >= 11 is 0. The van der Waals surface area contributed by atoms with Gasteiger partial charge in [0.25, 0.3) is 5.91 Å². The molecule has 6 nitrogen and oxygen atoms in total. The van der Waals surface area contributed by atoms with Crippen LogP contribution >= 0.6 is 0 Å². The monoisotopic (exact) mass is 333 g/mol. The highest BCUT2D eigenvalue weighted by Gasteiger charge is 2.18. The topological polar surface area (TPSA) is 81.7 Å². The van der Waals surface area contributed by atoms with Gasteiger partial charge in [-0.3, -0.25) is 4.79 Å². The third-order valence-electron chi connectivity index (χ3n) is 3.20. The van der Waals surface area contributed by atoms with Crippen LogP contribution in [0.3, 0.4) is 0 Å². The number of nitrogens with one attached hydrogen (secondary N) is 1. The fourth-order valence-corrected chi connectivity index (χ4v) is 1.79. The molecule has 0 aliphatic heterocycles. The summed E-state index contributed by atoms with van der Waals surface area (Å²) < 4.78 is 9.75. The molecule has 0 bridgehead atoms. The van der Waals surface area contributed by atoms with Crippen molar-refractivity contribution in [3.8, 4) is 0 Å². The summed E-state index contributed by atoms with van der Waals surface area (Å²) in [6.07, 6.45) is 2.02. The summed E-state index contributed by atoms with van der Waals surface area (Å²) in [6.45, 7) is 5.75. The maximum Gasteiger partial charge on any atom is 0.331 e. The molecule has 0 aromatic heterocycles. The Labute approximate surface area is 141 Å². The Kier molecular flexibility index (Phi) is 8.25. The van der Waals surface area contributed by atoms with E-state index in [1.54, 1.807) is 31.2 Å². The average Bonchev–Trinajstić information content (AvgIpc) is 2.57. The van der Waals surface area contributed by atoms with Crippen LogP contribution in [-0.2, 0) is 19.1 Å². The fraction of sp³-hybridized carbons (Fsp3) is 0.389. The van der Waals surface area contributed by atoms with Gasteiger partial charge in [0.05, 0.1) is 12.6 Å². The van der Waals surface area contributed by atoms with Crippen molar-refractivity contribution in [2.24, 2.45) is 5.92 Å². The minimum atomic E-state index is -0.664. The van der Waals surface area contributed by atoms with E-state index in [2.05, 4.69) is 10.1 Å². The standard InChI is InChI=1S/C18H23NO5/c1-4-23-16(20)10-11-17(21)24-12-15(13(2)3)19-18(22)14-8-6-5-7-9-14/h5-11,13,15H,4,12H2,1-3H3,(H,19,22)/b11-10+/t15-/m1/s1. The molecule has 1 rings (SSSR count). The van der Waals surface area contributed by atoms with Crippen LogP contribution in [0.2, 0.25) is 0 Å². The zero-order chi connectivity index (χ0) is 17.9. The lowest BCUT2D eigenvalue weighted by Gasteiger charge is -2.21. The first kappa shape index (κ1) is 19.4. The minimum Gasteiger partial charge on any atom is -0.463 e. The van der Waals surface area contributed by atoms with E-state index >= 15 is 0 Å². The molecule has 0 spiro atoms. The van der Waals surface area contributed by atoms with Crippen LogP contribution in [0.4, 0.5) is 0 Å². The van der Waals surface area contributed by atoms with Crippen molar-refractivity contribution in [3.63, 3.8) is 0 Å². The van der Waals surface area contributed by atoms with Gasteiger partial charge in [0.15, 0.2) is 0 Å². The molecule has 0 saturated heterocycles. The summed E-state index contributed by atoms with van der Waals surface area (Å²) in [4.78, 5) is 34.9. The lowest BCUT2D eigenvalue weighted by atomic mass is 10.0. The van der Waals surface area contributed by atoms with E-state index in [9.17, 15) is 14.4 Å².